The first-order valence-corrected chi connectivity index (χ1v) is 4.04. The highest BCUT2D eigenvalue weighted by molar-refractivity contribution is 6.29. The highest BCUT2D eigenvalue weighted by atomic mass is 35.5. The average Bonchev–Trinajstić information content (AvgIpc) is 1.99. The third-order valence-electron chi connectivity index (χ3n) is 1.78. The summed E-state index contributed by atoms with van der Waals surface area (Å²) in [6.07, 6.45) is 2.89. The molecule has 5 heteroatoms. The molecule has 0 aliphatic carbocycles. The number of aromatic nitrogens is 2. The summed E-state index contributed by atoms with van der Waals surface area (Å²) in [5.41, 5.74) is 0. The van der Waals surface area contributed by atoms with Gasteiger partial charge in [0.15, 0.2) is 0 Å². The third-order valence-corrected chi connectivity index (χ3v) is 1.96. The number of anilines is 1. The lowest BCUT2D eigenvalue weighted by Gasteiger charge is -2.36. The van der Waals surface area contributed by atoms with E-state index in [1.54, 1.807) is 6.20 Å². The minimum Gasteiger partial charge on any atom is -0.389 e. The SMILES string of the molecule is OC1CN(c2cncc(Cl)n2)C1. The highest BCUT2D eigenvalue weighted by Gasteiger charge is 2.25. The van der Waals surface area contributed by atoms with Crippen LogP contribution in [0.3, 0.4) is 0 Å². The van der Waals surface area contributed by atoms with Gasteiger partial charge in [-0.15, -0.1) is 0 Å². The summed E-state index contributed by atoms with van der Waals surface area (Å²) in [5.74, 6) is 0.729. The minimum absolute atomic E-state index is 0.231. The van der Waals surface area contributed by atoms with Crippen LogP contribution in [0.25, 0.3) is 0 Å². The maximum atomic E-state index is 9.03. The topological polar surface area (TPSA) is 49.2 Å². The Hall–Kier alpha value is -0.870. The van der Waals surface area contributed by atoms with E-state index in [0.717, 1.165) is 5.82 Å². The van der Waals surface area contributed by atoms with E-state index < -0.39 is 0 Å². The zero-order chi connectivity index (χ0) is 8.55. The quantitative estimate of drug-likeness (QED) is 0.684. The molecule has 0 aromatic carbocycles. The standard InChI is InChI=1S/C7H8ClN3O/c8-6-1-9-2-7(10-6)11-3-5(12)4-11/h1-2,5,12H,3-4H2. The molecule has 1 aliphatic rings. The predicted molar refractivity (Wildman–Crippen MR) is 45.3 cm³/mol. The van der Waals surface area contributed by atoms with Gasteiger partial charge in [0.25, 0.3) is 0 Å². The number of aliphatic hydroxyl groups excluding tert-OH is 1. The highest BCUT2D eigenvalue weighted by Crippen LogP contribution is 2.18. The van der Waals surface area contributed by atoms with Crippen molar-refractivity contribution in [3.63, 3.8) is 0 Å². The molecule has 4 nitrogen and oxygen atoms in total. The van der Waals surface area contributed by atoms with Gasteiger partial charge >= 0.3 is 0 Å². The zero-order valence-corrected chi connectivity index (χ0v) is 7.07. The first-order chi connectivity index (χ1) is 5.75. The number of halogens is 1. The molecule has 2 rings (SSSR count). The molecule has 1 aromatic rings. The van der Waals surface area contributed by atoms with Crippen LogP contribution >= 0.6 is 11.6 Å². The Kier molecular flexibility index (Phi) is 1.86. The molecule has 12 heavy (non-hydrogen) atoms. The van der Waals surface area contributed by atoms with Gasteiger partial charge in [0.1, 0.15) is 11.0 Å². The molecule has 0 spiro atoms. The van der Waals surface area contributed by atoms with Gasteiger partial charge in [-0.25, -0.2) is 4.98 Å². The second kappa shape index (κ2) is 2.88. The van der Waals surface area contributed by atoms with Crippen LogP contribution in [0.4, 0.5) is 5.82 Å². The van der Waals surface area contributed by atoms with Crippen LogP contribution in [-0.2, 0) is 0 Å². The van der Waals surface area contributed by atoms with E-state index >= 15 is 0 Å². The molecule has 0 saturated carbocycles. The van der Waals surface area contributed by atoms with Crippen molar-refractivity contribution in [2.45, 2.75) is 6.10 Å². The van der Waals surface area contributed by atoms with Crippen molar-refractivity contribution in [3.05, 3.63) is 17.5 Å². The van der Waals surface area contributed by atoms with E-state index in [1.165, 1.54) is 6.20 Å². The van der Waals surface area contributed by atoms with Gasteiger partial charge < -0.3 is 10.0 Å². The summed E-state index contributed by atoms with van der Waals surface area (Å²) >= 11 is 5.64. The van der Waals surface area contributed by atoms with Crippen LogP contribution in [0.2, 0.25) is 5.15 Å². The molecular weight excluding hydrogens is 178 g/mol. The molecular formula is C7H8ClN3O. The molecule has 1 saturated heterocycles. The van der Waals surface area contributed by atoms with Crippen LogP contribution in [-0.4, -0.2) is 34.3 Å². The zero-order valence-electron chi connectivity index (χ0n) is 6.31. The predicted octanol–water partition coefficient (Wildman–Crippen LogP) is 0.311. The Balaban J connectivity index is 2.13. The number of rotatable bonds is 1. The molecule has 0 unspecified atom stereocenters. The van der Waals surface area contributed by atoms with Gasteiger partial charge in [-0.2, -0.15) is 0 Å². The Morgan fingerprint density at radius 2 is 2.25 bits per heavy atom. The van der Waals surface area contributed by atoms with Crippen molar-refractivity contribution in [2.75, 3.05) is 18.0 Å². The largest absolute Gasteiger partial charge is 0.389 e. The number of hydrogen-bond donors (Lipinski definition) is 1. The molecule has 64 valence electrons. The molecule has 2 heterocycles. The summed E-state index contributed by atoms with van der Waals surface area (Å²) < 4.78 is 0. The van der Waals surface area contributed by atoms with Gasteiger partial charge in [0.2, 0.25) is 0 Å². The molecule has 1 aliphatic heterocycles. The van der Waals surface area contributed by atoms with Crippen LogP contribution < -0.4 is 4.90 Å². The molecule has 0 amide bonds. The van der Waals surface area contributed by atoms with Crippen molar-refractivity contribution in [1.29, 1.82) is 0 Å². The van der Waals surface area contributed by atoms with Crippen molar-refractivity contribution in [2.24, 2.45) is 0 Å². The molecule has 0 radical (unpaired) electrons. The van der Waals surface area contributed by atoms with Crippen molar-refractivity contribution in [1.82, 2.24) is 9.97 Å². The smallest absolute Gasteiger partial charge is 0.149 e. The van der Waals surface area contributed by atoms with Crippen LogP contribution in [0.5, 0.6) is 0 Å². The summed E-state index contributed by atoms with van der Waals surface area (Å²) in [6, 6.07) is 0. The Morgan fingerprint density at radius 1 is 1.50 bits per heavy atom. The van der Waals surface area contributed by atoms with Gasteiger partial charge in [0, 0.05) is 13.1 Å². The third kappa shape index (κ3) is 1.35. The monoisotopic (exact) mass is 185 g/mol. The van der Waals surface area contributed by atoms with Crippen molar-refractivity contribution >= 4 is 17.4 Å². The summed E-state index contributed by atoms with van der Waals surface area (Å²) in [5, 5.41) is 9.41. The van der Waals surface area contributed by atoms with E-state index in [2.05, 4.69) is 9.97 Å². The molecule has 0 atom stereocenters. The van der Waals surface area contributed by atoms with Gasteiger partial charge in [-0.1, -0.05) is 11.6 Å². The van der Waals surface area contributed by atoms with Gasteiger partial charge in [-0.05, 0) is 0 Å². The normalized spacial score (nSPS) is 17.7. The average molecular weight is 186 g/mol. The van der Waals surface area contributed by atoms with E-state index in [9.17, 15) is 0 Å². The van der Waals surface area contributed by atoms with E-state index in [-0.39, 0.29) is 6.10 Å². The Labute approximate surface area is 74.8 Å². The first kappa shape index (κ1) is 7.76. The number of hydrogen-bond acceptors (Lipinski definition) is 4. The molecule has 1 aromatic heterocycles. The fourth-order valence-corrected chi connectivity index (χ4v) is 1.27. The Morgan fingerprint density at radius 3 is 2.83 bits per heavy atom. The van der Waals surface area contributed by atoms with Gasteiger partial charge in [0.05, 0.1) is 18.5 Å². The lowest BCUT2D eigenvalue weighted by Crippen LogP contribution is -2.51. The minimum atomic E-state index is -0.231. The number of nitrogens with zero attached hydrogens (tertiary/aromatic N) is 3. The van der Waals surface area contributed by atoms with Crippen LogP contribution in [0.1, 0.15) is 0 Å². The van der Waals surface area contributed by atoms with Gasteiger partial charge in [-0.3, -0.25) is 4.98 Å². The maximum absolute atomic E-state index is 9.03. The fourth-order valence-electron chi connectivity index (χ4n) is 1.13. The first-order valence-electron chi connectivity index (χ1n) is 3.66. The van der Waals surface area contributed by atoms with Crippen molar-refractivity contribution < 1.29 is 5.11 Å². The van der Waals surface area contributed by atoms with Crippen LogP contribution in [0, 0.1) is 0 Å². The molecule has 1 N–H and O–H groups in total. The van der Waals surface area contributed by atoms with E-state index in [4.69, 9.17) is 16.7 Å². The lowest BCUT2D eigenvalue weighted by molar-refractivity contribution is 0.141. The number of β-amino-alcohol motifs (C(OH)–C–C–N with tert-alkyl or cyclic N) is 1. The second-order valence-electron chi connectivity index (χ2n) is 2.76. The van der Waals surface area contributed by atoms with Crippen molar-refractivity contribution in [3.8, 4) is 0 Å². The summed E-state index contributed by atoms with van der Waals surface area (Å²) in [6.45, 7) is 1.24. The van der Waals surface area contributed by atoms with E-state index in [0.29, 0.717) is 18.2 Å². The maximum Gasteiger partial charge on any atom is 0.149 e. The summed E-state index contributed by atoms with van der Waals surface area (Å²) in [7, 11) is 0. The summed E-state index contributed by atoms with van der Waals surface area (Å²) in [4.78, 5) is 9.86. The Bertz CT molecular complexity index is 288. The van der Waals surface area contributed by atoms with Crippen LogP contribution in [0.15, 0.2) is 12.4 Å². The number of aliphatic hydroxyl groups is 1. The lowest BCUT2D eigenvalue weighted by atomic mass is 10.2. The van der Waals surface area contributed by atoms with E-state index in [1.807, 2.05) is 4.90 Å². The molecule has 0 bridgehead atoms. The fraction of sp³-hybridized carbons (Fsp3) is 0.429. The molecule has 1 fully saturated rings. The second-order valence-corrected chi connectivity index (χ2v) is 3.15.